The first-order valence-electron chi connectivity index (χ1n) is 9.87. The van der Waals surface area contributed by atoms with E-state index in [2.05, 4.69) is 32.2 Å². The Balaban J connectivity index is 1.40. The predicted molar refractivity (Wildman–Crippen MR) is 122 cm³/mol. The standard InChI is InChI=1S/C22H24BrN3O2S/c23-19-6-1-2-7-20(19)26-9-8-18(22(26)28)21(27)24-17-5-3-4-16(14-17)15-25-10-12-29-13-11-25/h1-7,14,18H,8-13,15H2,(H,24,27). The van der Waals surface area contributed by atoms with Gasteiger partial charge >= 0.3 is 0 Å². The number of amides is 2. The number of nitrogens with one attached hydrogen (secondary N) is 1. The number of thioether (sulfide) groups is 1. The Morgan fingerprint density at radius 2 is 1.90 bits per heavy atom. The average Bonchev–Trinajstić information content (AvgIpc) is 3.11. The lowest BCUT2D eigenvalue weighted by Crippen LogP contribution is -2.33. The molecule has 2 heterocycles. The second-order valence-corrected chi connectivity index (χ2v) is 9.44. The fourth-order valence-corrected chi connectivity index (χ4v) is 5.30. The van der Waals surface area contributed by atoms with Gasteiger partial charge in [-0.2, -0.15) is 11.8 Å². The Morgan fingerprint density at radius 3 is 2.69 bits per heavy atom. The van der Waals surface area contributed by atoms with Gasteiger partial charge in [0.15, 0.2) is 0 Å². The van der Waals surface area contributed by atoms with Crippen LogP contribution >= 0.6 is 27.7 Å². The molecule has 0 bridgehead atoms. The number of para-hydroxylation sites is 1. The summed E-state index contributed by atoms with van der Waals surface area (Å²) < 4.78 is 0.859. The van der Waals surface area contributed by atoms with Crippen molar-refractivity contribution in [2.75, 3.05) is 41.4 Å². The van der Waals surface area contributed by atoms with Crippen molar-refractivity contribution in [3.05, 3.63) is 58.6 Å². The highest BCUT2D eigenvalue weighted by Gasteiger charge is 2.38. The molecular formula is C22H24BrN3O2S. The van der Waals surface area contributed by atoms with Crippen molar-refractivity contribution in [2.45, 2.75) is 13.0 Å². The Bertz CT molecular complexity index is 901. The van der Waals surface area contributed by atoms with Crippen LogP contribution in [0.15, 0.2) is 53.0 Å². The van der Waals surface area contributed by atoms with Gasteiger partial charge in [-0.05, 0) is 52.2 Å². The largest absolute Gasteiger partial charge is 0.325 e. The maximum Gasteiger partial charge on any atom is 0.239 e. The van der Waals surface area contributed by atoms with E-state index in [0.717, 1.165) is 35.5 Å². The molecule has 1 unspecified atom stereocenters. The van der Waals surface area contributed by atoms with Crippen LogP contribution in [0.2, 0.25) is 0 Å². The van der Waals surface area contributed by atoms with Gasteiger partial charge in [-0.15, -0.1) is 0 Å². The number of anilines is 2. The summed E-state index contributed by atoms with van der Waals surface area (Å²) in [6.07, 6.45) is 0.525. The summed E-state index contributed by atoms with van der Waals surface area (Å²) in [7, 11) is 0. The van der Waals surface area contributed by atoms with Crippen LogP contribution in [-0.4, -0.2) is 47.9 Å². The third-order valence-corrected chi connectivity index (χ3v) is 6.98. The number of hydrogen-bond donors (Lipinski definition) is 1. The molecule has 2 saturated heterocycles. The minimum atomic E-state index is -0.648. The van der Waals surface area contributed by atoms with Crippen LogP contribution in [0.5, 0.6) is 0 Å². The molecule has 4 rings (SSSR count). The van der Waals surface area contributed by atoms with Crippen LogP contribution in [0.25, 0.3) is 0 Å². The molecule has 2 amide bonds. The van der Waals surface area contributed by atoms with Gasteiger partial charge in [0.05, 0.1) is 5.69 Å². The van der Waals surface area contributed by atoms with E-state index in [1.54, 1.807) is 4.90 Å². The Hall–Kier alpha value is -1.83. The van der Waals surface area contributed by atoms with Crippen molar-refractivity contribution in [2.24, 2.45) is 5.92 Å². The Morgan fingerprint density at radius 1 is 1.10 bits per heavy atom. The second kappa shape index (κ2) is 9.32. The van der Waals surface area contributed by atoms with E-state index in [1.165, 1.54) is 17.1 Å². The van der Waals surface area contributed by atoms with E-state index in [9.17, 15) is 9.59 Å². The lowest BCUT2D eigenvalue weighted by Gasteiger charge is -2.26. The zero-order chi connectivity index (χ0) is 20.2. The van der Waals surface area contributed by atoms with Crippen LogP contribution in [-0.2, 0) is 16.1 Å². The number of benzene rings is 2. The first-order valence-corrected chi connectivity index (χ1v) is 11.8. The molecule has 0 spiro atoms. The highest BCUT2D eigenvalue weighted by Crippen LogP contribution is 2.31. The Kier molecular flexibility index (Phi) is 6.57. The van der Waals surface area contributed by atoms with Crippen molar-refractivity contribution >= 4 is 50.9 Å². The van der Waals surface area contributed by atoms with Crippen LogP contribution in [0.3, 0.4) is 0 Å². The van der Waals surface area contributed by atoms with Crippen LogP contribution in [0.4, 0.5) is 11.4 Å². The molecule has 2 fully saturated rings. The number of carbonyl (C=O) groups is 2. The molecule has 2 aliphatic rings. The SMILES string of the molecule is O=C(Nc1cccc(CN2CCSCC2)c1)C1CCN(c2ccccc2Br)C1=O. The third kappa shape index (κ3) is 4.85. The van der Waals surface area contributed by atoms with E-state index < -0.39 is 5.92 Å². The molecule has 1 atom stereocenters. The van der Waals surface area contributed by atoms with Gasteiger partial charge in [0.25, 0.3) is 0 Å². The molecule has 2 aromatic rings. The van der Waals surface area contributed by atoms with Crippen LogP contribution in [0, 0.1) is 5.92 Å². The van der Waals surface area contributed by atoms with Gasteiger partial charge in [-0.3, -0.25) is 14.5 Å². The normalized spacial score (nSPS) is 20.1. The van der Waals surface area contributed by atoms with Gasteiger partial charge in [0.1, 0.15) is 5.92 Å². The summed E-state index contributed by atoms with van der Waals surface area (Å²) >= 11 is 5.49. The number of carbonyl (C=O) groups excluding carboxylic acids is 2. The number of rotatable bonds is 5. The topological polar surface area (TPSA) is 52.7 Å². The lowest BCUT2D eigenvalue weighted by molar-refractivity contribution is -0.129. The fraction of sp³-hybridized carbons (Fsp3) is 0.364. The zero-order valence-corrected chi connectivity index (χ0v) is 18.5. The van der Waals surface area contributed by atoms with E-state index >= 15 is 0 Å². The zero-order valence-electron chi connectivity index (χ0n) is 16.1. The van der Waals surface area contributed by atoms with Crippen LogP contribution < -0.4 is 10.2 Å². The molecule has 29 heavy (non-hydrogen) atoms. The minimum absolute atomic E-state index is 0.142. The fourth-order valence-electron chi connectivity index (χ4n) is 3.83. The molecule has 0 radical (unpaired) electrons. The molecule has 1 N–H and O–H groups in total. The van der Waals surface area contributed by atoms with Gasteiger partial charge < -0.3 is 10.2 Å². The summed E-state index contributed by atoms with van der Waals surface area (Å²) in [4.78, 5) is 29.8. The van der Waals surface area contributed by atoms with Gasteiger partial charge in [0.2, 0.25) is 11.8 Å². The predicted octanol–water partition coefficient (Wildman–Crippen LogP) is 3.99. The molecule has 0 aliphatic carbocycles. The summed E-state index contributed by atoms with van der Waals surface area (Å²) in [5, 5.41) is 2.96. The van der Waals surface area contributed by atoms with Crippen LogP contribution in [0.1, 0.15) is 12.0 Å². The molecule has 2 aromatic carbocycles. The van der Waals surface area contributed by atoms with E-state index in [0.29, 0.717) is 13.0 Å². The van der Waals surface area contributed by atoms with E-state index in [1.807, 2.05) is 54.2 Å². The van der Waals surface area contributed by atoms with Crippen molar-refractivity contribution in [3.63, 3.8) is 0 Å². The summed E-state index contributed by atoms with van der Waals surface area (Å²) in [5.74, 6) is 1.33. The molecule has 152 valence electrons. The molecule has 7 heteroatoms. The smallest absolute Gasteiger partial charge is 0.239 e. The highest BCUT2D eigenvalue weighted by molar-refractivity contribution is 9.10. The van der Waals surface area contributed by atoms with Gasteiger partial charge in [0, 0.05) is 47.8 Å². The van der Waals surface area contributed by atoms with E-state index in [4.69, 9.17) is 0 Å². The minimum Gasteiger partial charge on any atom is -0.325 e. The number of nitrogens with zero attached hydrogens (tertiary/aromatic N) is 2. The highest BCUT2D eigenvalue weighted by atomic mass is 79.9. The maximum absolute atomic E-state index is 12.9. The molecule has 0 aromatic heterocycles. The number of hydrogen-bond acceptors (Lipinski definition) is 4. The average molecular weight is 474 g/mol. The van der Waals surface area contributed by atoms with Crippen molar-refractivity contribution < 1.29 is 9.59 Å². The van der Waals surface area contributed by atoms with Crippen molar-refractivity contribution in [3.8, 4) is 0 Å². The van der Waals surface area contributed by atoms with Crippen molar-refractivity contribution in [1.29, 1.82) is 0 Å². The molecule has 0 saturated carbocycles. The number of halogens is 1. The third-order valence-electron chi connectivity index (χ3n) is 5.37. The first kappa shape index (κ1) is 20.4. The van der Waals surface area contributed by atoms with Crippen molar-refractivity contribution in [1.82, 2.24) is 4.90 Å². The Labute approximate surface area is 184 Å². The molecule has 2 aliphatic heterocycles. The lowest BCUT2D eigenvalue weighted by atomic mass is 10.1. The monoisotopic (exact) mass is 473 g/mol. The van der Waals surface area contributed by atoms with E-state index in [-0.39, 0.29) is 11.8 Å². The molecule has 5 nitrogen and oxygen atoms in total. The van der Waals surface area contributed by atoms with Gasteiger partial charge in [-0.25, -0.2) is 0 Å². The second-order valence-electron chi connectivity index (χ2n) is 7.36. The maximum atomic E-state index is 12.9. The molecular weight excluding hydrogens is 450 g/mol. The van der Waals surface area contributed by atoms with Gasteiger partial charge in [-0.1, -0.05) is 24.3 Å². The first-order chi connectivity index (χ1) is 14.1. The summed E-state index contributed by atoms with van der Waals surface area (Å²) in [5.41, 5.74) is 2.75. The summed E-state index contributed by atoms with van der Waals surface area (Å²) in [6, 6.07) is 15.6. The summed E-state index contributed by atoms with van der Waals surface area (Å²) in [6.45, 7) is 3.64. The quantitative estimate of drug-likeness (QED) is 0.666.